The van der Waals surface area contributed by atoms with Gasteiger partial charge in [0.25, 0.3) is 0 Å². The third kappa shape index (κ3) is 10.9. The summed E-state index contributed by atoms with van der Waals surface area (Å²) in [4.78, 5) is 2.27. The van der Waals surface area contributed by atoms with Crippen LogP contribution >= 0.6 is 12.6 Å². The van der Waals surface area contributed by atoms with Crippen molar-refractivity contribution in [3.05, 3.63) is 144 Å². The predicted molar refractivity (Wildman–Crippen MR) is 182 cm³/mol. The molecule has 0 saturated heterocycles. The van der Waals surface area contributed by atoms with E-state index in [1.807, 2.05) is 66.7 Å². The van der Waals surface area contributed by atoms with Crippen LogP contribution in [0.25, 0.3) is 11.6 Å². The summed E-state index contributed by atoms with van der Waals surface area (Å²) in [7, 11) is 2.13. The number of benzene rings is 3. The number of para-hydroxylation sites is 1. The second-order valence-electron chi connectivity index (χ2n) is 8.95. The molecule has 0 unspecified atom stereocenters. The van der Waals surface area contributed by atoms with Crippen LogP contribution in [0.5, 0.6) is 0 Å². The van der Waals surface area contributed by atoms with E-state index in [2.05, 4.69) is 114 Å². The molecule has 39 heavy (non-hydrogen) atoms. The maximum atomic E-state index is 4.19. The first-order valence-electron chi connectivity index (χ1n) is 13.3. The molecule has 0 spiro atoms. The number of thiol groups is 1. The number of hydrogen-bond donors (Lipinski definition) is 2. The Balaban J connectivity index is 0.000000821. The summed E-state index contributed by atoms with van der Waals surface area (Å²) >= 11 is 3.53. The molecule has 2 nitrogen and oxygen atoms in total. The molecule has 3 rings (SSSR count). The normalized spacial score (nSPS) is 11.3. The lowest BCUT2D eigenvalue weighted by Gasteiger charge is -2.26. The first-order chi connectivity index (χ1) is 18.8. The van der Waals surface area contributed by atoms with Crippen LogP contribution in [0.3, 0.4) is 0 Å². The zero-order chi connectivity index (χ0) is 29.2. The van der Waals surface area contributed by atoms with Gasteiger partial charge in [-0.25, -0.2) is 0 Å². The van der Waals surface area contributed by atoms with Gasteiger partial charge in [0.05, 0.1) is 0 Å². The van der Waals surface area contributed by atoms with E-state index in [1.54, 1.807) is 6.26 Å². The Morgan fingerprint density at radius 2 is 1.54 bits per heavy atom. The van der Waals surface area contributed by atoms with Gasteiger partial charge in [-0.3, -0.25) is 0 Å². The van der Waals surface area contributed by atoms with E-state index in [-0.39, 0.29) is 0 Å². The van der Waals surface area contributed by atoms with E-state index in [1.165, 1.54) is 33.7 Å². The van der Waals surface area contributed by atoms with Crippen molar-refractivity contribution < 1.29 is 0 Å². The molecule has 0 saturated carbocycles. The predicted octanol–water partition coefficient (Wildman–Crippen LogP) is 10.6. The van der Waals surface area contributed by atoms with E-state index in [9.17, 15) is 0 Å². The summed E-state index contributed by atoms with van der Waals surface area (Å²) in [5.41, 5.74) is 10.3. The Morgan fingerprint density at radius 1 is 0.949 bits per heavy atom. The van der Waals surface area contributed by atoms with Crippen LogP contribution in [0.15, 0.2) is 127 Å². The minimum Gasteiger partial charge on any atom is -0.356 e. The zero-order valence-electron chi connectivity index (χ0n) is 24.8. The fourth-order valence-corrected chi connectivity index (χ4v) is 4.23. The van der Waals surface area contributed by atoms with Crippen LogP contribution < -0.4 is 10.2 Å². The van der Waals surface area contributed by atoms with Crippen molar-refractivity contribution in [2.45, 2.75) is 41.0 Å². The highest BCUT2D eigenvalue weighted by molar-refractivity contribution is 7.79. The molecule has 0 fully saturated rings. The Bertz CT molecular complexity index is 1240. The van der Waals surface area contributed by atoms with Crippen molar-refractivity contribution in [3.63, 3.8) is 0 Å². The van der Waals surface area contributed by atoms with Crippen molar-refractivity contribution in [2.24, 2.45) is 0 Å². The maximum Gasteiger partial charge on any atom is 0.0457 e. The summed E-state index contributed by atoms with van der Waals surface area (Å²) in [6.07, 6.45) is 11.1. The van der Waals surface area contributed by atoms with Crippen LogP contribution in [0.4, 0.5) is 11.4 Å². The molecule has 3 heteroatoms. The SMILES string of the molecule is C=Cc1ccccc1NC(=C)/C=C(\C)c1ccc(N(C)C(=C/C)/C(C)=C\CC)c(C)c1.CS.c1ccccc1. The van der Waals surface area contributed by atoms with Gasteiger partial charge in [0.2, 0.25) is 0 Å². The average molecular weight is 539 g/mol. The van der Waals surface area contributed by atoms with Crippen LogP contribution in [0, 0.1) is 6.92 Å². The van der Waals surface area contributed by atoms with Crippen molar-refractivity contribution in [1.82, 2.24) is 0 Å². The second kappa shape index (κ2) is 18.5. The Hall–Kier alpha value is -3.69. The van der Waals surface area contributed by atoms with Crippen LogP contribution in [-0.4, -0.2) is 13.3 Å². The van der Waals surface area contributed by atoms with Crippen LogP contribution in [-0.2, 0) is 0 Å². The number of aryl methyl sites for hydroxylation is 1. The van der Waals surface area contributed by atoms with Crippen LogP contribution in [0.2, 0.25) is 0 Å². The van der Waals surface area contributed by atoms with Gasteiger partial charge in [-0.1, -0.05) is 99.0 Å². The monoisotopic (exact) mass is 538 g/mol. The minimum absolute atomic E-state index is 0.849. The number of rotatable bonds is 9. The van der Waals surface area contributed by atoms with E-state index in [4.69, 9.17) is 0 Å². The molecular weight excluding hydrogens is 492 g/mol. The highest BCUT2D eigenvalue weighted by atomic mass is 32.1. The molecule has 0 aliphatic carbocycles. The van der Waals surface area contributed by atoms with Crippen molar-refractivity contribution in [3.8, 4) is 0 Å². The molecule has 1 N–H and O–H groups in total. The summed E-state index contributed by atoms with van der Waals surface area (Å²) in [6.45, 7) is 18.8. The molecule has 0 heterocycles. The van der Waals surface area contributed by atoms with Gasteiger partial charge < -0.3 is 10.2 Å². The Kier molecular flexibility index (Phi) is 15.9. The fourth-order valence-electron chi connectivity index (χ4n) is 4.23. The number of likely N-dealkylation sites (N-methyl/N-ethyl adjacent to an activating group) is 1. The molecule has 0 bridgehead atoms. The highest BCUT2D eigenvalue weighted by Gasteiger charge is 2.11. The molecule has 0 aliphatic rings. The minimum atomic E-state index is 0.849. The quantitative estimate of drug-likeness (QED) is 0.208. The van der Waals surface area contributed by atoms with Crippen molar-refractivity contribution in [2.75, 3.05) is 23.5 Å². The molecule has 0 aromatic heterocycles. The average Bonchev–Trinajstić information content (AvgIpc) is 2.96. The lowest BCUT2D eigenvalue weighted by Crippen LogP contribution is -2.18. The number of nitrogens with zero attached hydrogens (tertiary/aromatic N) is 1. The first-order valence-corrected chi connectivity index (χ1v) is 14.2. The molecule has 206 valence electrons. The fraction of sp³-hybridized carbons (Fsp3) is 0.222. The van der Waals surface area contributed by atoms with Crippen molar-refractivity contribution >= 4 is 35.7 Å². The molecule has 3 aromatic rings. The lowest BCUT2D eigenvalue weighted by atomic mass is 10.0. The van der Waals surface area contributed by atoms with Gasteiger partial charge in [0, 0.05) is 29.8 Å². The van der Waals surface area contributed by atoms with E-state index < -0.39 is 0 Å². The standard InChI is InChI=1S/C29H36N2.C6H6.CH4S/c1-9-14-21(4)28(11-3)31(8)29-18-17-26(20-23(29)6)22(5)19-24(7)30-27-16-13-12-15-25(27)10-2;1-2-4-6-5-3-1;1-2/h10-20,30H,2,7,9H2,1,3-6,8H3;1-6H;2H,1H3/b21-14-,22-19+,28-11+;;. The molecule has 0 radical (unpaired) electrons. The van der Waals surface area contributed by atoms with E-state index >= 15 is 0 Å². The molecular formula is C36H46N2S. The second-order valence-corrected chi connectivity index (χ2v) is 8.95. The van der Waals surface area contributed by atoms with Gasteiger partial charge in [-0.05, 0) is 92.5 Å². The summed E-state index contributed by atoms with van der Waals surface area (Å²) in [5, 5.41) is 3.39. The van der Waals surface area contributed by atoms with Crippen LogP contribution in [0.1, 0.15) is 50.8 Å². The number of nitrogens with one attached hydrogen (secondary N) is 1. The molecule has 0 atom stereocenters. The summed E-state index contributed by atoms with van der Waals surface area (Å²) in [6, 6.07) is 26.7. The Labute approximate surface area is 243 Å². The number of allylic oxidation sites excluding steroid dienone is 5. The molecule has 0 amide bonds. The lowest BCUT2D eigenvalue weighted by molar-refractivity contribution is 1.06. The molecule has 0 aliphatic heterocycles. The summed E-state index contributed by atoms with van der Waals surface area (Å²) < 4.78 is 0. The molecule has 3 aromatic carbocycles. The van der Waals surface area contributed by atoms with E-state index in [0.29, 0.717) is 0 Å². The summed E-state index contributed by atoms with van der Waals surface area (Å²) in [5.74, 6) is 0. The Morgan fingerprint density at radius 3 is 2.05 bits per heavy atom. The maximum absolute atomic E-state index is 4.19. The topological polar surface area (TPSA) is 15.3 Å². The van der Waals surface area contributed by atoms with E-state index in [0.717, 1.165) is 23.4 Å². The van der Waals surface area contributed by atoms with Gasteiger partial charge in [-0.2, -0.15) is 12.6 Å². The third-order valence-electron chi connectivity index (χ3n) is 6.10. The number of hydrogen-bond acceptors (Lipinski definition) is 3. The number of anilines is 2. The smallest absolute Gasteiger partial charge is 0.0457 e. The largest absolute Gasteiger partial charge is 0.356 e. The highest BCUT2D eigenvalue weighted by Crippen LogP contribution is 2.29. The third-order valence-corrected chi connectivity index (χ3v) is 6.10. The first kappa shape index (κ1) is 33.3. The van der Waals surface area contributed by atoms with Gasteiger partial charge >= 0.3 is 0 Å². The van der Waals surface area contributed by atoms with Gasteiger partial charge in [-0.15, -0.1) is 0 Å². The van der Waals surface area contributed by atoms with Crippen molar-refractivity contribution in [1.29, 1.82) is 0 Å². The van der Waals surface area contributed by atoms with Gasteiger partial charge in [0.15, 0.2) is 0 Å². The zero-order valence-corrected chi connectivity index (χ0v) is 25.7. The van der Waals surface area contributed by atoms with Gasteiger partial charge in [0.1, 0.15) is 0 Å².